The molecule has 3 N–H and O–H groups in total. The molecule has 1 atom stereocenters. The summed E-state index contributed by atoms with van der Waals surface area (Å²) < 4.78 is 0. The molecule has 0 heterocycles. The third kappa shape index (κ3) is 2.44. The van der Waals surface area contributed by atoms with Crippen molar-refractivity contribution in [3.05, 3.63) is 29.8 Å². The molecule has 0 saturated carbocycles. The van der Waals surface area contributed by atoms with E-state index in [-0.39, 0.29) is 6.54 Å². The fraction of sp³-hybridized carbons (Fsp3) is 0.400. The van der Waals surface area contributed by atoms with E-state index in [1.165, 1.54) is 0 Å². The van der Waals surface area contributed by atoms with Gasteiger partial charge in [0.05, 0.1) is 6.10 Å². The highest BCUT2D eigenvalue weighted by Crippen LogP contribution is 2.18. The first-order valence-electron chi connectivity index (χ1n) is 4.30. The van der Waals surface area contributed by atoms with Crippen molar-refractivity contribution in [3.8, 4) is 0 Å². The summed E-state index contributed by atoms with van der Waals surface area (Å²) in [7, 11) is 3.93. The molecular weight excluding hydrogens is 164 g/mol. The van der Waals surface area contributed by atoms with Gasteiger partial charge in [0.15, 0.2) is 0 Å². The summed E-state index contributed by atoms with van der Waals surface area (Å²) in [4.78, 5) is 1.99. The first-order chi connectivity index (χ1) is 6.15. The molecule has 0 aliphatic carbocycles. The molecule has 0 radical (unpaired) electrons. The van der Waals surface area contributed by atoms with Crippen LogP contribution in [0.25, 0.3) is 0 Å². The fourth-order valence-corrected chi connectivity index (χ4v) is 1.15. The van der Waals surface area contributed by atoms with Crippen molar-refractivity contribution in [2.45, 2.75) is 6.10 Å². The van der Waals surface area contributed by atoms with Crippen molar-refractivity contribution < 1.29 is 5.11 Å². The Hall–Kier alpha value is -1.06. The van der Waals surface area contributed by atoms with Crippen LogP contribution in [0.5, 0.6) is 0 Å². The Morgan fingerprint density at radius 2 is 2.15 bits per heavy atom. The Morgan fingerprint density at radius 3 is 2.69 bits per heavy atom. The maximum atomic E-state index is 9.49. The predicted molar refractivity (Wildman–Crippen MR) is 54.8 cm³/mol. The van der Waals surface area contributed by atoms with Gasteiger partial charge in [-0.25, -0.2) is 0 Å². The molecule has 1 aromatic rings. The maximum Gasteiger partial charge on any atom is 0.0912 e. The lowest BCUT2D eigenvalue weighted by Gasteiger charge is -2.15. The minimum Gasteiger partial charge on any atom is -0.387 e. The summed E-state index contributed by atoms with van der Waals surface area (Å²) in [5.41, 5.74) is 7.31. The molecule has 3 nitrogen and oxygen atoms in total. The number of rotatable bonds is 3. The van der Waals surface area contributed by atoms with Crippen LogP contribution < -0.4 is 10.6 Å². The van der Waals surface area contributed by atoms with E-state index in [2.05, 4.69) is 0 Å². The zero-order chi connectivity index (χ0) is 9.84. The van der Waals surface area contributed by atoms with Gasteiger partial charge in [-0.2, -0.15) is 0 Å². The van der Waals surface area contributed by atoms with Gasteiger partial charge in [-0.1, -0.05) is 12.1 Å². The van der Waals surface area contributed by atoms with E-state index in [0.29, 0.717) is 0 Å². The van der Waals surface area contributed by atoms with Crippen LogP contribution in [0, 0.1) is 0 Å². The van der Waals surface area contributed by atoms with Crippen LogP contribution in [0.4, 0.5) is 5.69 Å². The normalized spacial score (nSPS) is 12.6. The highest BCUT2D eigenvalue weighted by atomic mass is 16.3. The average Bonchev–Trinajstić information content (AvgIpc) is 2.17. The molecule has 1 aromatic carbocycles. The quantitative estimate of drug-likeness (QED) is 0.721. The Labute approximate surface area is 78.8 Å². The SMILES string of the molecule is CN(C)c1cccc([C@H](O)CN)c1. The minimum atomic E-state index is -0.556. The van der Waals surface area contributed by atoms with Crippen LogP contribution >= 0.6 is 0 Å². The summed E-state index contributed by atoms with van der Waals surface area (Å²) in [6, 6.07) is 7.73. The fourth-order valence-electron chi connectivity index (χ4n) is 1.15. The molecule has 0 aromatic heterocycles. The molecule has 13 heavy (non-hydrogen) atoms. The first kappa shape index (κ1) is 10.0. The summed E-state index contributed by atoms with van der Waals surface area (Å²) in [6.45, 7) is 0.261. The number of hydrogen-bond donors (Lipinski definition) is 2. The minimum absolute atomic E-state index is 0.261. The third-order valence-electron chi connectivity index (χ3n) is 1.99. The topological polar surface area (TPSA) is 49.5 Å². The van der Waals surface area contributed by atoms with Gasteiger partial charge in [-0.3, -0.25) is 0 Å². The lowest BCUT2D eigenvalue weighted by Crippen LogP contribution is -2.13. The molecule has 0 aliphatic rings. The van der Waals surface area contributed by atoms with E-state index < -0.39 is 6.10 Å². The third-order valence-corrected chi connectivity index (χ3v) is 1.99. The zero-order valence-corrected chi connectivity index (χ0v) is 8.07. The molecule has 0 unspecified atom stereocenters. The van der Waals surface area contributed by atoms with Gasteiger partial charge in [0.1, 0.15) is 0 Å². The lowest BCUT2D eigenvalue weighted by molar-refractivity contribution is 0.187. The van der Waals surface area contributed by atoms with Crippen molar-refractivity contribution in [1.82, 2.24) is 0 Å². The highest BCUT2D eigenvalue weighted by molar-refractivity contribution is 5.47. The number of aliphatic hydroxyl groups excluding tert-OH is 1. The molecule has 72 valence electrons. The van der Waals surface area contributed by atoms with Crippen LogP contribution in [0.1, 0.15) is 11.7 Å². The Morgan fingerprint density at radius 1 is 1.46 bits per heavy atom. The van der Waals surface area contributed by atoms with Gasteiger partial charge in [0.2, 0.25) is 0 Å². The number of nitrogens with two attached hydrogens (primary N) is 1. The molecule has 0 aliphatic heterocycles. The van der Waals surface area contributed by atoms with Crippen molar-refractivity contribution in [3.63, 3.8) is 0 Å². The molecule has 0 spiro atoms. The Kier molecular flexibility index (Phi) is 3.28. The van der Waals surface area contributed by atoms with Gasteiger partial charge in [0, 0.05) is 26.3 Å². The molecule has 0 saturated heterocycles. The van der Waals surface area contributed by atoms with E-state index >= 15 is 0 Å². The largest absolute Gasteiger partial charge is 0.387 e. The summed E-state index contributed by atoms with van der Waals surface area (Å²) >= 11 is 0. The summed E-state index contributed by atoms with van der Waals surface area (Å²) in [6.07, 6.45) is -0.556. The molecule has 0 fully saturated rings. The Balaban J connectivity index is 2.91. The first-order valence-corrected chi connectivity index (χ1v) is 4.30. The van der Waals surface area contributed by atoms with Crippen LogP contribution in [0.2, 0.25) is 0 Å². The van der Waals surface area contributed by atoms with Crippen molar-refractivity contribution >= 4 is 5.69 Å². The number of nitrogens with zero attached hydrogens (tertiary/aromatic N) is 1. The van der Waals surface area contributed by atoms with E-state index in [1.54, 1.807) is 0 Å². The van der Waals surface area contributed by atoms with Crippen LogP contribution in [0.3, 0.4) is 0 Å². The van der Waals surface area contributed by atoms with Crippen molar-refractivity contribution in [1.29, 1.82) is 0 Å². The standard InChI is InChI=1S/C10H16N2O/c1-12(2)9-5-3-4-8(6-9)10(13)7-11/h3-6,10,13H,7,11H2,1-2H3/t10-/m1/s1. The maximum absolute atomic E-state index is 9.49. The van der Waals surface area contributed by atoms with E-state index in [9.17, 15) is 5.11 Å². The van der Waals surface area contributed by atoms with E-state index in [1.807, 2.05) is 43.3 Å². The highest BCUT2D eigenvalue weighted by Gasteiger charge is 2.05. The van der Waals surface area contributed by atoms with Crippen molar-refractivity contribution in [2.24, 2.45) is 5.73 Å². The van der Waals surface area contributed by atoms with Crippen molar-refractivity contribution in [2.75, 3.05) is 25.5 Å². The predicted octanol–water partition coefficient (Wildman–Crippen LogP) is 0.745. The monoisotopic (exact) mass is 180 g/mol. The van der Waals surface area contributed by atoms with Gasteiger partial charge in [0.25, 0.3) is 0 Å². The van der Waals surface area contributed by atoms with Crippen LogP contribution in [-0.2, 0) is 0 Å². The summed E-state index contributed by atoms with van der Waals surface area (Å²) in [5.74, 6) is 0. The zero-order valence-electron chi connectivity index (χ0n) is 8.07. The van der Waals surface area contributed by atoms with E-state index in [0.717, 1.165) is 11.3 Å². The second-order valence-corrected chi connectivity index (χ2v) is 3.24. The molecule has 1 rings (SSSR count). The lowest BCUT2D eigenvalue weighted by atomic mass is 10.1. The van der Waals surface area contributed by atoms with E-state index in [4.69, 9.17) is 5.73 Å². The smallest absolute Gasteiger partial charge is 0.0912 e. The second-order valence-electron chi connectivity index (χ2n) is 3.24. The van der Waals surface area contributed by atoms with Gasteiger partial charge >= 0.3 is 0 Å². The second kappa shape index (κ2) is 4.25. The molecular formula is C10H16N2O. The number of aliphatic hydroxyl groups is 1. The molecule has 0 amide bonds. The number of benzene rings is 1. The van der Waals surface area contributed by atoms with Crippen LogP contribution in [-0.4, -0.2) is 25.7 Å². The number of anilines is 1. The van der Waals surface area contributed by atoms with Gasteiger partial charge in [-0.05, 0) is 17.7 Å². The average molecular weight is 180 g/mol. The van der Waals surface area contributed by atoms with Crippen LogP contribution in [0.15, 0.2) is 24.3 Å². The summed E-state index contributed by atoms with van der Waals surface area (Å²) in [5, 5.41) is 9.49. The Bertz CT molecular complexity index is 273. The molecule has 0 bridgehead atoms. The van der Waals surface area contributed by atoms with Gasteiger partial charge in [-0.15, -0.1) is 0 Å². The van der Waals surface area contributed by atoms with Gasteiger partial charge < -0.3 is 15.7 Å². The molecule has 3 heteroatoms. The number of hydrogen-bond acceptors (Lipinski definition) is 3.